The van der Waals surface area contributed by atoms with Crippen LogP contribution in [0.1, 0.15) is 46.0 Å². The van der Waals surface area contributed by atoms with Crippen molar-refractivity contribution in [1.82, 2.24) is 16.0 Å². The van der Waals surface area contributed by atoms with Crippen LogP contribution in [-0.4, -0.2) is 86.2 Å². The minimum Gasteiger partial charge on any atom is -0.481 e. The summed E-state index contributed by atoms with van der Waals surface area (Å²) >= 11 is 0. The second-order valence-electron chi connectivity index (χ2n) is 7.75. The van der Waals surface area contributed by atoms with Crippen molar-refractivity contribution < 1.29 is 54.0 Å². The Hall–Kier alpha value is -3.75. The van der Waals surface area contributed by atoms with Gasteiger partial charge in [-0.25, -0.2) is 4.79 Å². The number of carboxylic acid groups (broad SMARTS) is 4. The minimum absolute atomic E-state index is 0.326. The Bertz CT molecular complexity index is 799. The van der Waals surface area contributed by atoms with Gasteiger partial charge in [0.25, 0.3) is 0 Å². The zero-order valence-corrected chi connectivity index (χ0v) is 18.6. The SMILES string of the molecule is CC(C)C(N)C(=O)NC(CCC(=O)O)C(=O)NC(CC(=O)O)C(=O)NC(CCC(=O)O)C(=O)O. The first-order chi connectivity index (χ1) is 15.6. The number of hydrogen-bond acceptors (Lipinski definition) is 8. The van der Waals surface area contributed by atoms with Gasteiger partial charge in [0.15, 0.2) is 0 Å². The fourth-order valence-electron chi connectivity index (χ4n) is 2.56. The maximum absolute atomic E-state index is 12.7. The lowest BCUT2D eigenvalue weighted by Gasteiger charge is -2.25. The molecule has 0 spiro atoms. The van der Waals surface area contributed by atoms with Gasteiger partial charge in [-0.05, 0) is 18.8 Å². The van der Waals surface area contributed by atoms with Crippen LogP contribution in [0.4, 0.5) is 0 Å². The zero-order chi connectivity index (χ0) is 26.6. The standard InChI is InChI=1S/C19H30N4O11/c1-8(2)15(20)18(32)21-9(3-5-12(24)25)16(30)23-11(7-14(28)29)17(31)22-10(19(33)34)4-6-13(26)27/h8-11,15H,3-7,20H2,1-2H3,(H,21,32)(H,22,31)(H,23,30)(H,24,25)(H,26,27)(H,28,29)(H,33,34). The number of carbonyl (C=O) groups is 7. The molecular formula is C19H30N4O11. The number of carbonyl (C=O) groups excluding carboxylic acids is 3. The van der Waals surface area contributed by atoms with E-state index < -0.39 is 97.9 Å². The number of nitrogens with two attached hydrogens (primary N) is 1. The van der Waals surface area contributed by atoms with Gasteiger partial charge >= 0.3 is 23.9 Å². The summed E-state index contributed by atoms with van der Waals surface area (Å²) in [5.74, 6) is -9.16. The Morgan fingerprint density at radius 3 is 1.47 bits per heavy atom. The Morgan fingerprint density at radius 2 is 1.06 bits per heavy atom. The number of rotatable bonds is 16. The van der Waals surface area contributed by atoms with E-state index in [1.54, 1.807) is 13.8 Å². The molecule has 4 atom stereocenters. The first-order valence-corrected chi connectivity index (χ1v) is 10.2. The van der Waals surface area contributed by atoms with E-state index in [-0.39, 0.29) is 5.92 Å². The Balaban J connectivity index is 5.59. The highest BCUT2D eigenvalue weighted by Crippen LogP contribution is 2.06. The second-order valence-corrected chi connectivity index (χ2v) is 7.75. The third-order valence-electron chi connectivity index (χ3n) is 4.57. The van der Waals surface area contributed by atoms with Crippen molar-refractivity contribution in [3.05, 3.63) is 0 Å². The van der Waals surface area contributed by atoms with E-state index in [0.29, 0.717) is 0 Å². The smallest absolute Gasteiger partial charge is 0.326 e. The van der Waals surface area contributed by atoms with Crippen molar-refractivity contribution in [2.45, 2.75) is 70.1 Å². The first-order valence-electron chi connectivity index (χ1n) is 10.2. The largest absolute Gasteiger partial charge is 0.481 e. The fourth-order valence-corrected chi connectivity index (χ4v) is 2.56. The van der Waals surface area contributed by atoms with E-state index in [9.17, 15) is 33.6 Å². The summed E-state index contributed by atoms with van der Waals surface area (Å²) in [5, 5.41) is 42.1. The van der Waals surface area contributed by atoms with Crippen molar-refractivity contribution in [1.29, 1.82) is 0 Å². The molecule has 0 bridgehead atoms. The van der Waals surface area contributed by atoms with Crippen molar-refractivity contribution in [3.63, 3.8) is 0 Å². The molecule has 0 aliphatic carbocycles. The zero-order valence-electron chi connectivity index (χ0n) is 18.6. The third-order valence-corrected chi connectivity index (χ3v) is 4.57. The molecule has 0 aromatic rings. The van der Waals surface area contributed by atoms with Crippen LogP contribution in [0.25, 0.3) is 0 Å². The number of hydrogen-bond donors (Lipinski definition) is 8. The topological polar surface area (TPSA) is 263 Å². The Labute approximate surface area is 194 Å². The van der Waals surface area contributed by atoms with Crippen LogP contribution >= 0.6 is 0 Å². The Morgan fingerprint density at radius 1 is 0.647 bits per heavy atom. The minimum atomic E-state index is -1.81. The lowest BCUT2D eigenvalue weighted by molar-refractivity contribution is -0.144. The molecular weight excluding hydrogens is 460 g/mol. The molecule has 9 N–H and O–H groups in total. The number of carboxylic acids is 4. The molecule has 4 unspecified atom stereocenters. The van der Waals surface area contributed by atoms with E-state index in [2.05, 4.69) is 10.6 Å². The van der Waals surface area contributed by atoms with Gasteiger partial charge in [0.2, 0.25) is 17.7 Å². The van der Waals surface area contributed by atoms with Gasteiger partial charge in [-0.1, -0.05) is 13.8 Å². The first kappa shape index (κ1) is 30.2. The van der Waals surface area contributed by atoms with Gasteiger partial charge in [0, 0.05) is 12.8 Å². The van der Waals surface area contributed by atoms with Crippen LogP contribution in [0.15, 0.2) is 0 Å². The summed E-state index contributed by atoms with van der Waals surface area (Å²) in [5.41, 5.74) is 5.71. The molecule has 3 amide bonds. The highest BCUT2D eigenvalue weighted by Gasteiger charge is 2.32. The van der Waals surface area contributed by atoms with Gasteiger partial charge in [-0.3, -0.25) is 28.8 Å². The van der Waals surface area contributed by atoms with Crippen LogP contribution < -0.4 is 21.7 Å². The van der Waals surface area contributed by atoms with E-state index in [0.717, 1.165) is 0 Å². The van der Waals surface area contributed by atoms with Gasteiger partial charge in [-0.2, -0.15) is 0 Å². The van der Waals surface area contributed by atoms with Gasteiger partial charge in [0.05, 0.1) is 12.5 Å². The van der Waals surface area contributed by atoms with E-state index in [1.807, 2.05) is 5.32 Å². The third kappa shape index (κ3) is 11.8. The van der Waals surface area contributed by atoms with Crippen molar-refractivity contribution in [2.75, 3.05) is 0 Å². The van der Waals surface area contributed by atoms with Crippen LogP contribution in [-0.2, 0) is 33.6 Å². The maximum atomic E-state index is 12.7. The van der Waals surface area contributed by atoms with E-state index >= 15 is 0 Å². The van der Waals surface area contributed by atoms with Crippen LogP contribution in [0.3, 0.4) is 0 Å². The van der Waals surface area contributed by atoms with Crippen molar-refractivity contribution in [3.8, 4) is 0 Å². The van der Waals surface area contributed by atoms with Crippen molar-refractivity contribution in [2.24, 2.45) is 11.7 Å². The summed E-state index contributed by atoms with van der Waals surface area (Å²) < 4.78 is 0. The molecule has 15 heteroatoms. The lowest BCUT2D eigenvalue weighted by atomic mass is 10.0. The van der Waals surface area contributed by atoms with E-state index in [4.69, 9.17) is 26.2 Å². The molecule has 0 aliphatic rings. The van der Waals surface area contributed by atoms with Gasteiger partial charge < -0.3 is 42.1 Å². The van der Waals surface area contributed by atoms with Crippen molar-refractivity contribution >= 4 is 41.6 Å². The van der Waals surface area contributed by atoms with Crippen LogP contribution in [0.5, 0.6) is 0 Å². The Kier molecular flexibility index (Phi) is 12.8. The predicted octanol–water partition coefficient (Wildman–Crippen LogP) is -2.29. The molecule has 0 aromatic heterocycles. The van der Waals surface area contributed by atoms with Crippen LogP contribution in [0.2, 0.25) is 0 Å². The highest BCUT2D eigenvalue weighted by atomic mass is 16.4. The molecule has 0 fully saturated rings. The summed E-state index contributed by atoms with van der Waals surface area (Å²) in [6.45, 7) is 3.26. The highest BCUT2D eigenvalue weighted by molar-refractivity contribution is 5.95. The van der Waals surface area contributed by atoms with Gasteiger partial charge in [0.1, 0.15) is 18.1 Å². The van der Waals surface area contributed by atoms with Crippen LogP contribution in [0, 0.1) is 5.92 Å². The summed E-state index contributed by atoms with van der Waals surface area (Å²) in [7, 11) is 0. The molecule has 0 aromatic carbocycles. The maximum Gasteiger partial charge on any atom is 0.326 e. The number of amides is 3. The molecule has 0 heterocycles. The fraction of sp³-hybridized carbons (Fsp3) is 0.632. The average Bonchev–Trinajstić information content (AvgIpc) is 2.71. The van der Waals surface area contributed by atoms with E-state index in [1.165, 1.54) is 0 Å². The quantitative estimate of drug-likeness (QED) is 0.114. The molecule has 0 aliphatic heterocycles. The molecule has 0 radical (unpaired) electrons. The molecule has 0 saturated carbocycles. The summed E-state index contributed by atoms with van der Waals surface area (Å²) in [4.78, 5) is 81.5. The lowest BCUT2D eigenvalue weighted by Crippen LogP contribution is -2.58. The number of nitrogens with one attached hydrogen (secondary N) is 3. The average molecular weight is 490 g/mol. The molecule has 0 saturated heterocycles. The molecule has 192 valence electrons. The predicted molar refractivity (Wildman–Crippen MR) is 112 cm³/mol. The molecule has 34 heavy (non-hydrogen) atoms. The number of aliphatic carboxylic acids is 4. The summed E-state index contributed by atoms with van der Waals surface area (Å²) in [6.07, 6.45) is -3.05. The molecule has 15 nitrogen and oxygen atoms in total. The second kappa shape index (κ2) is 14.4. The normalized spacial score (nSPS) is 14.2. The van der Waals surface area contributed by atoms with Gasteiger partial charge in [-0.15, -0.1) is 0 Å². The monoisotopic (exact) mass is 490 g/mol. The molecule has 0 rings (SSSR count). The summed E-state index contributed by atoms with van der Waals surface area (Å²) in [6, 6.07) is -6.01.